The standard InChI is InChI=1S/C13H10BrIS/c1-9-8-10(14)2-7-13(9)16-12-5-3-11(15)4-6-12/h2-8H,1H3. The van der Waals surface area contributed by atoms with Crippen LogP contribution in [0.1, 0.15) is 5.56 Å². The molecule has 2 aromatic rings. The summed E-state index contributed by atoms with van der Waals surface area (Å²) < 4.78 is 2.41. The van der Waals surface area contributed by atoms with Crippen molar-refractivity contribution in [2.24, 2.45) is 0 Å². The maximum Gasteiger partial charge on any atom is 0.0178 e. The van der Waals surface area contributed by atoms with Crippen LogP contribution in [0.2, 0.25) is 0 Å². The minimum absolute atomic E-state index is 1.14. The van der Waals surface area contributed by atoms with E-state index in [0.29, 0.717) is 0 Å². The summed E-state index contributed by atoms with van der Waals surface area (Å²) in [5, 5.41) is 0. The summed E-state index contributed by atoms with van der Waals surface area (Å²) in [5.41, 5.74) is 1.30. The zero-order valence-electron chi connectivity index (χ0n) is 8.71. The molecule has 0 saturated carbocycles. The van der Waals surface area contributed by atoms with Gasteiger partial charge in [-0.15, -0.1) is 0 Å². The molecule has 3 heteroatoms. The number of aryl methyl sites for hydroxylation is 1. The van der Waals surface area contributed by atoms with Crippen LogP contribution in [-0.4, -0.2) is 0 Å². The van der Waals surface area contributed by atoms with Crippen molar-refractivity contribution >= 4 is 50.3 Å². The highest BCUT2D eigenvalue weighted by Crippen LogP contribution is 2.31. The SMILES string of the molecule is Cc1cc(Br)ccc1Sc1ccc(I)cc1. The number of rotatable bonds is 2. The van der Waals surface area contributed by atoms with E-state index in [1.165, 1.54) is 18.9 Å². The molecule has 0 nitrogen and oxygen atoms in total. The van der Waals surface area contributed by atoms with Gasteiger partial charge < -0.3 is 0 Å². The fourth-order valence-corrected chi connectivity index (χ4v) is 3.07. The zero-order valence-corrected chi connectivity index (χ0v) is 13.3. The Kier molecular flexibility index (Phi) is 4.33. The summed E-state index contributed by atoms with van der Waals surface area (Å²) in [6.07, 6.45) is 0. The highest BCUT2D eigenvalue weighted by atomic mass is 127. The minimum Gasteiger partial charge on any atom is -0.0898 e. The van der Waals surface area contributed by atoms with Gasteiger partial charge in [0.15, 0.2) is 0 Å². The Labute approximate surface area is 122 Å². The molecule has 82 valence electrons. The first-order valence-corrected chi connectivity index (χ1v) is 7.53. The molecule has 0 amide bonds. The van der Waals surface area contributed by atoms with E-state index >= 15 is 0 Å². The van der Waals surface area contributed by atoms with Crippen LogP contribution in [0.4, 0.5) is 0 Å². The van der Waals surface area contributed by atoms with E-state index in [-0.39, 0.29) is 0 Å². The van der Waals surface area contributed by atoms with E-state index in [9.17, 15) is 0 Å². The molecule has 0 saturated heterocycles. The first kappa shape index (κ1) is 12.5. The first-order valence-electron chi connectivity index (χ1n) is 4.85. The molecule has 0 radical (unpaired) electrons. The average Bonchev–Trinajstić information content (AvgIpc) is 2.25. The summed E-state index contributed by atoms with van der Waals surface area (Å²) in [6, 6.07) is 15.0. The second kappa shape index (κ2) is 5.56. The van der Waals surface area contributed by atoms with Crippen molar-refractivity contribution in [3.63, 3.8) is 0 Å². The highest BCUT2D eigenvalue weighted by Gasteiger charge is 2.01. The van der Waals surface area contributed by atoms with Gasteiger partial charge in [0.2, 0.25) is 0 Å². The van der Waals surface area contributed by atoms with Crippen molar-refractivity contribution in [3.8, 4) is 0 Å². The number of benzene rings is 2. The predicted molar refractivity (Wildman–Crippen MR) is 82.2 cm³/mol. The fourth-order valence-electron chi connectivity index (χ4n) is 1.36. The van der Waals surface area contributed by atoms with E-state index in [2.05, 4.69) is 87.9 Å². The molecule has 16 heavy (non-hydrogen) atoms. The van der Waals surface area contributed by atoms with Crippen LogP contribution in [0.3, 0.4) is 0 Å². The maximum absolute atomic E-state index is 3.48. The van der Waals surface area contributed by atoms with E-state index in [1.54, 1.807) is 0 Å². The lowest BCUT2D eigenvalue weighted by Crippen LogP contribution is -1.80. The van der Waals surface area contributed by atoms with Gasteiger partial charge in [-0.2, -0.15) is 0 Å². The van der Waals surface area contributed by atoms with Crippen LogP contribution >= 0.6 is 50.3 Å². The van der Waals surface area contributed by atoms with Crippen LogP contribution < -0.4 is 0 Å². The third kappa shape index (κ3) is 3.25. The molecule has 0 fully saturated rings. The van der Waals surface area contributed by atoms with Crippen molar-refractivity contribution in [3.05, 3.63) is 56.1 Å². The van der Waals surface area contributed by atoms with Crippen molar-refractivity contribution in [1.82, 2.24) is 0 Å². The molecule has 0 aliphatic heterocycles. The monoisotopic (exact) mass is 404 g/mol. The molecule has 2 rings (SSSR count). The maximum atomic E-state index is 3.48. The van der Waals surface area contributed by atoms with Crippen LogP contribution in [0.15, 0.2) is 56.7 Å². The first-order chi connectivity index (χ1) is 7.65. The molecule has 0 bridgehead atoms. The summed E-state index contributed by atoms with van der Waals surface area (Å²) in [5.74, 6) is 0. The summed E-state index contributed by atoms with van der Waals surface area (Å²) in [4.78, 5) is 2.59. The van der Waals surface area contributed by atoms with Gasteiger partial charge in [-0.05, 0) is 77.5 Å². The van der Waals surface area contributed by atoms with Gasteiger partial charge in [0, 0.05) is 17.8 Å². The molecule has 0 heterocycles. The third-order valence-corrected chi connectivity index (χ3v) is 4.58. The van der Waals surface area contributed by atoms with E-state index in [4.69, 9.17) is 0 Å². The fraction of sp³-hybridized carbons (Fsp3) is 0.0769. The quantitative estimate of drug-likeness (QED) is 0.594. The van der Waals surface area contributed by atoms with E-state index in [0.717, 1.165) is 4.47 Å². The Hall–Kier alpha value is -0.000000000000000111. The Balaban J connectivity index is 2.23. The molecule has 0 N–H and O–H groups in total. The molecular formula is C13H10BrIS. The van der Waals surface area contributed by atoms with Gasteiger partial charge in [-0.1, -0.05) is 27.7 Å². The third-order valence-electron chi connectivity index (χ3n) is 2.18. The smallest absolute Gasteiger partial charge is 0.0178 e. The molecule has 0 unspecified atom stereocenters. The molecule has 0 aliphatic carbocycles. The van der Waals surface area contributed by atoms with Crippen molar-refractivity contribution in [2.75, 3.05) is 0 Å². The van der Waals surface area contributed by atoms with Crippen LogP contribution in [0, 0.1) is 10.5 Å². The molecule has 0 aromatic heterocycles. The zero-order chi connectivity index (χ0) is 11.5. The molecule has 0 aliphatic rings. The molecular weight excluding hydrogens is 395 g/mol. The van der Waals surface area contributed by atoms with Crippen molar-refractivity contribution in [1.29, 1.82) is 0 Å². The Morgan fingerprint density at radius 1 is 1.06 bits per heavy atom. The molecule has 0 atom stereocenters. The number of halogens is 2. The lowest BCUT2D eigenvalue weighted by Gasteiger charge is -2.06. The van der Waals surface area contributed by atoms with Crippen LogP contribution in [0.5, 0.6) is 0 Å². The lowest BCUT2D eigenvalue weighted by molar-refractivity contribution is 1.28. The summed E-state index contributed by atoms with van der Waals surface area (Å²) >= 11 is 7.61. The second-order valence-corrected chi connectivity index (χ2v) is 6.74. The van der Waals surface area contributed by atoms with Crippen molar-refractivity contribution < 1.29 is 0 Å². The second-order valence-electron chi connectivity index (χ2n) is 3.47. The van der Waals surface area contributed by atoms with Crippen LogP contribution in [0.25, 0.3) is 0 Å². The van der Waals surface area contributed by atoms with Gasteiger partial charge in [0.25, 0.3) is 0 Å². The lowest BCUT2D eigenvalue weighted by atomic mass is 10.2. The summed E-state index contributed by atoms with van der Waals surface area (Å²) in [7, 11) is 0. The highest BCUT2D eigenvalue weighted by molar-refractivity contribution is 14.1. The normalized spacial score (nSPS) is 10.4. The van der Waals surface area contributed by atoms with Gasteiger partial charge in [0.05, 0.1) is 0 Å². The largest absolute Gasteiger partial charge is 0.0898 e. The van der Waals surface area contributed by atoms with Gasteiger partial charge in [-0.3, -0.25) is 0 Å². The minimum atomic E-state index is 1.14. The Morgan fingerprint density at radius 3 is 2.38 bits per heavy atom. The number of hydrogen-bond acceptors (Lipinski definition) is 1. The number of hydrogen-bond donors (Lipinski definition) is 0. The van der Waals surface area contributed by atoms with Gasteiger partial charge in [0.1, 0.15) is 0 Å². The van der Waals surface area contributed by atoms with Crippen LogP contribution in [-0.2, 0) is 0 Å². The molecule has 0 spiro atoms. The molecule has 2 aromatic carbocycles. The Morgan fingerprint density at radius 2 is 1.75 bits per heavy atom. The van der Waals surface area contributed by atoms with Gasteiger partial charge >= 0.3 is 0 Å². The topological polar surface area (TPSA) is 0 Å². The van der Waals surface area contributed by atoms with Crippen molar-refractivity contribution in [2.45, 2.75) is 16.7 Å². The predicted octanol–water partition coefficient (Wildman–Crippen LogP) is 5.51. The average molecular weight is 405 g/mol. The van der Waals surface area contributed by atoms with E-state index < -0.39 is 0 Å². The van der Waals surface area contributed by atoms with E-state index in [1.807, 2.05) is 11.8 Å². The van der Waals surface area contributed by atoms with Gasteiger partial charge in [-0.25, -0.2) is 0 Å². The Bertz CT molecular complexity index is 494. The summed E-state index contributed by atoms with van der Waals surface area (Å²) in [6.45, 7) is 2.14.